The monoisotopic (exact) mass is 290 g/mol. The van der Waals surface area contributed by atoms with Gasteiger partial charge in [0.15, 0.2) is 0 Å². The molecule has 0 aliphatic carbocycles. The Bertz CT molecular complexity index is 359. The first-order valence-electron chi connectivity index (χ1n) is 5.13. The molecule has 0 aromatic heterocycles. The fourth-order valence-corrected chi connectivity index (χ4v) is 0.728. The topological polar surface area (TPSA) is 103 Å². The molecule has 0 radical (unpaired) electrons. The fraction of sp³-hybridized carbons (Fsp3) is 0.231. The van der Waals surface area contributed by atoms with Crippen LogP contribution >= 0.6 is 0 Å². The number of rotatable bonds is 2. The number of hydrogen-bond donors (Lipinski definition) is 0. The van der Waals surface area contributed by atoms with Crippen LogP contribution in [0.4, 0.5) is 0 Å². The van der Waals surface area contributed by atoms with Crippen molar-refractivity contribution in [2.45, 2.75) is 13.8 Å². The van der Waals surface area contributed by atoms with E-state index in [4.69, 9.17) is 15.0 Å². The minimum absolute atomic E-state index is 0. The summed E-state index contributed by atoms with van der Waals surface area (Å²) in [7, 11) is 0. The Morgan fingerprint density at radius 2 is 1.53 bits per heavy atom. The Morgan fingerprint density at radius 1 is 1.16 bits per heavy atom. The van der Waals surface area contributed by atoms with E-state index in [0.717, 1.165) is 18.6 Å². The van der Waals surface area contributed by atoms with Crippen LogP contribution in [-0.4, -0.2) is 18.5 Å². The van der Waals surface area contributed by atoms with E-state index in [-0.39, 0.29) is 58.0 Å². The van der Waals surface area contributed by atoms with E-state index in [1.54, 1.807) is 6.92 Å². The molecule has 0 saturated heterocycles. The van der Waals surface area contributed by atoms with E-state index in [9.17, 15) is 9.90 Å². The predicted octanol–water partition coefficient (Wildman–Crippen LogP) is -4.42. The summed E-state index contributed by atoms with van der Waals surface area (Å²) in [5, 5.41) is 27.8. The molecule has 0 amide bonds. The van der Waals surface area contributed by atoms with Gasteiger partial charge in [-0.3, -0.25) is 0 Å². The minimum Gasteiger partial charge on any atom is -0.855 e. The van der Waals surface area contributed by atoms with Crippen molar-refractivity contribution >= 4 is 18.0 Å². The molecule has 0 unspecified atom stereocenters. The summed E-state index contributed by atoms with van der Waals surface area (Å²) in [6.07, 6.45) is 2.50. The third-order valence-corrected chi connectivity index (χ3v) is 1.21. The molecule has 0 aliphatic rings. The molecule has 0 bridgehead atoms. The summed E-state index contributed by atoms with van der Waals surface area (Å²) in [4.78, 5) is 18.9. The van der Waals surface area contributed by atoms with Crippen molar-refractivity contribution in [3.8, 4) is 0 Å². The maximum atomic E-state index is 9.97. The van der Waals surface area contributed by atoms with Gasteiger partial charge in [-0.25, -0.2) is 0 Å². The van der Waals surface area contributed by atoms with Crippen LogP contribution in [0.25, 0.3) is 6.08 Å². The molecule has 0 N–H and O–H groups in total. The molecule has 0 spiro atoms. The molecular formula is C13H15KO5-2. The number of carboxylic acids is 2. The largest absolute Gasteiger partial charge is 1.00 e. The maximum Gasteiger partial charge on any atom is 1.00 e. The first kappa shape index (κ1) is 23.6. The van der Waals surface area contributed by atoms with E-state index < -0.39 is 11.9 Å². The zero-order chi connectivity index (χ0) is 14.4. The second-order valence-corrected chi connectivity index (χ2v) is 2.84. The summed E-state index contributed by atoms with van der Waals surface area (Å²) in [6, 6.07) is 9.19. The zero-order valence-electron chi connectivity index (χ0n) is 11.3. The van der Waals surface area contributed by atoms with Crippen LogP contribution in [0.5, 0.6) is 0 Å². The van der Waals surface area contributed by atoms with E-state index in [2.05, 4.69) is 0 Å². The first-order chi connectivity index (χ1) is 8.43. The number of carbonyl (C=O) groups excluding carboxylic acids is 2. The van der Waals surface area contributed by atoms with Crippen LogP contribution in [0.2, 0.25) is 0 Å². The number of carboxylic acid groups (broad SMARTS) is 2. The van der Waals surface area contributed by atoms with Crippen LogP contribution in [0, 0.1) is 0 Å². The van der Waals surface area contributed by atoms with Crippen molar-refractivity contribution in [2.24, 2.45) is 0 Å². The maximum absolute atomic E-state index is 9.97. The molecule has 1 aromatic carbocycles. The van der Waals surface area contributed by atoms with Crippen LogP contribution in [0.3, 0.4) is 0 Å². The third-order valence-electron chi connectivity index (χ3n) is 1.21. The van der Waals surface area contributed by atoms with E-state index in [1.165, 1.54) is 6.08 Å². The molecule has 6 heteroatoms. The number of hydrogen-bond acceptors (Lipinski definition) is 5. The van der Waals surface area contributed by atoms with Gasteiger partial charge in [-0.15, -0.1) is 6.61 Å². The molecule has 0 fully saturated rings. The van der Waals surface area contributed by atoms with E-state index >= 15 is 0 Å². The van der Waals surface area contributed by atoms with Gasteiger partial charge < -0.3 is 24.9 Å². The Hall–Kier alpha value is -0.504. The normalized spacial score (nSPS) is 8.16. The van der Waals surface area contributed by atoms with Gasteiger partial charge in [-0.2, -0.15) is 0 Å². The Balaban J connectivity index is -0.000000272. The second kappa shape index (κ2) is 17.5. The van der Waals surface area contributed by atoms with Crippen molar-refractivity contribution in [1.82, 2.24) is 0 Å². The number of aliphatic carboxylic acids is 2. The van der Waals surface area contributed by atoms with Gasteiger partial charge in [-0.05, 0) is 18.6 Å². The summed E-state index contributed by atoms with van der Waals surface area (Å²) in [6.45, 7) is 2.54. The molecule has 0 atom stereocenters. The van der Waals surface area contributed by atoms with Gasteiger partial charge in [0.05, 0.1) is 5.97 Å². The van der Waals surface area contributed by atoms with Crippen molar-refractivity contribution in [3.63, 3.8) is 0 Å². The molecule has 0 aliphatic heterocycles. The summed E-state index contributed by atoms with van der Waals surface area (Å²) in [5.41, 5.74) is 0.858. The molecule has 5 nitrogen and oxygen atoms in total. The molecule has 100 valence electrons. The van der Waals surface area contributed by atoms with E-state index in [0.29, 0.717) is 0 Å². The van der Waals surface area contributed by atoms with Gasteiger partial charge in [0.2, 0.25) is 0 Å². The van der Waals surface area contributed by atoms with Gasteiger partial charge in [0, 0.05) is 5.97 Å². The minimum atomic E-state index is -1.17. The van der Waals surface area contributed by atoms with Crippen LogP contribution in [0.15, 0.2) is 36.4 Å². The third kappa shape index (κ3) is 26.9. The van der Waals surface area contributed by atoms with Gasteiger partial charge in [-0.1, -0.05) is 43.3 Å². The zero-order valence-corrected chi connectivity index (χ0v) is 14.4. The second-order valence-electron chi connectivity index (χ2n) is 2.84. The SMILES string of the molecule is CC(=O)[O-].CC[O-].O=C([O-])/C=C/c1ccccc1.[K+]. The average molecular weight is 290 g/mol. The van der Waals surface area contributed by atoms with Gasteiger partial charge in [0.1, 0.15) is 0 Å². The van der Waals surface area contributed by atoms with Gasteiger partial charge in [0.25, 0.3) is 0 Å². The predicted molar refractivity (Wildman–Crippen MR) is 61.7 cm³/mol. The molecule has 0 heterocycles. The van der Waals surface area contributed by atoms with Crippen molar-refractivity contribution in [3.05, 3.63) is 42.0 Å². The quantitative estimate of drug-likeness (QED) is 0.404. The summed E-state index contributed by atoms with van der Waals surface area (Å²) in [5.74, 6) is -2.26. The Morgan fingerprint density at radius 3 is 1.84 bits per heavy atom. The summed E-state index contributed by atoms with van der Waals surface area (Å²) >= 11 is 0. The first-order valence-corrected chi connectivity index (χ1v) is 5.13. The average Bonchev–Trinajstić information content (AvgIpc) is 2.28. The fourth-order valence-electron chi connectivity index (χ4n) is 0.728. The number of carbonyl (C=O) groups is 2. The smallest absolute Gasteiger partial charge is 0.855 e. The van der Waals surface area contributed by atoms with E-state index in [1.807, 2.05) is 30.3 Å². The van der Waals surface area contributed by atoms with Crippen molar-refractivity contribution < 1.29 is 76.3 Å². The molecule has 1 rings (SSSR count). The van der Waals surface area contributed by atoms with Crippen LogP contribution < -0.4 is 66.7 Å². The van der Waals surface area contributed by atoms with Crippen molar-refractivity contribution in [1.29, 1.82) is 0 Å². The summed E-state index contributed by atoms with van der Waals surface area (Å²) < 4.78 is 0. The molecular weight excluding hydrogens is 275 g/mol. The van der Waals surface area contributed by atoms with Gasteiger partial charge >= 0.3 is 51.4 Å². The Labute approximate surface area is 155 Å². The number of benzene rings is 1. The van der Waals surface area contributed by atoms with Crippen molar-refractivity contribution in [2.75, 3.05) is 6.61 Å². The standard InChI is InChI=1S/C9H8O2.C2H4O2.C2H5O.K/c10-9(11)7-6-8-4-2-1-3-5-8;1-2(3)4;1-2-3;/h1-7H,(H,10,11);1H3,(H,3,4);2H2,1H3;/q;;-1;+1/p-2/b7-6+;;;. The molecule has 0 saturated carbocycles. The Kier molecular flexibility index (Phi) is 21.7. The molecule has 19 heavy (non-hydrogen) atoms. The van der Waals surface area contributed by atoms with Crippen LogP contribution in [-0.2, 0) is 9.59 Å². The molecule has 1 aromatic rings. The van der Waals surface area contributed by atoms with Crippen LogP contribution in [0.1, 0.15) is 19.4 Å².